The molecule has 1 aromatic rings. The third-order valence-corrected chi connectivity index (χ3v) is 3.11. The molecule has 0 aliphatic carbocycles. The molecule has 0 aliphatic rings. The molecule has 0 saturated heterocycles. The van der Waals surface area contributed by atoms with E-state index in [-0.39, 0.29) is 4.75 Å². The first-order valence-electron chi connectivity index (χ1n) is 5.25. The molecule has 0 radical (unpaired) electrons. The van der Waals surface area contributed by atoms with Crippen molar-refractivity contribution in [3.05, 3.63) is 11.6 Å². The number of hydrogen-bond donors (Lipinski definition) is 2. The van der Waals surface area contributed by atoms with Crippen molar-refractivity contribution in [3.8, 4) is 0 Å². The summed E-state index contributed by atoms with van der Waals surface area (Å²) in [7, 11) is 0. The largest absolute Gasteiger partial charge is 0.330 e. The lowest BCUT2D eigenvalue weighted by Crippen LogP contribution is -2.07. The van der Waals surface area contributed by atoms with Crippen LogP contribution in [0.3, 0.4) is 0 Å². The highest BCUT2D eigenvalue weighted by atomic mass is 32.2. The Kier molecular flexibility index (Phi) is 4.60. The van der Waals surface area contributed by atoms with Crippen molar-refractivity contribution >= 4 is 11.8 Å². The zero-order valence-corrected chi connectivity index (χ0v) is 10.5. The lowest BCUT2D eigenvalue weighted by molar-refractivity contribution is 0.785. The number of rotatable bonds is 5. The van der Waals surface area contributed by atoms with Crippen molar-refractivity contribution < 1.29 is 0 Å². The number of aryl methyl sites for hydroxylation is 1. The second kappa shape index (κ2) is 5.51. The minimum atomic E-state index is 0.268. The van der Waals surface area contributed by atoms with Gasteiger partial charge in [-0.25, -0.2) is 4.98 Å². The van der Waals surface area contributed by atoms with Gasteiger partial charge in [0.2, 0.25) is 0 Å². The van der Waals surface area contributed by atoms with Crippen LogP contribution in [-0.2, 0) is 12.2 Å². The van der Waals surface area contributed by atoms with Crippen LogP contribution in [0.2, 0.25) is 0 Å². The van der Waals surface area contributed by atoms with E-state index < -0.39 is 0 Å². The fourth-order valence-electron chi connectivity index (χ4n) is 1.06. The van der Waals surface area contributed by atoms with E-state index in [1.54, 1.807) is 0 Å². The van der Waals surface area contributed by atoms with Gasteiger partial charge in [-0.2, -0.15) is 5.10 Å². The molecule has 3 N–H and O–H groups in total. The smallest absolute Gasteiger partial charge is 0.150 e. The molecule has 0 aromatic carbocycles. The summed E-state index contributed by atoms with van der Waals surface area (Å²) < 4.78 is 0.268. The summed E-state index contributed by atoms with van der Waals surface area (Å²) in [6.45, 7) is 7.29. The summed E-state index contributed by atoms with van der Waals surface area (Å²) >= 11 is 1.87. The van der Waals surface area contributed by atoms with Crippen molar-refractivity contribution in [2.75, 3.05) is 6.54 Å². The molecule has 0 unspecified atom stereocenters. The molecular weight excluding hydrogens is 208 g/mol. The van der Waals surface area contributed by atoms with Crippen molar-refractivity contribution in [1.29, 1.82) is 0 Å². The first-order chi connectivity index (χ1) is 7.01. The summed E-state index contributed by atoms with van der Waals surface area (Å²) in [4.78, 5) is 4.41. The second-order valence-corrected chi connectivity index (χ2v) is 6.29. The number of nitrogens with zero attached hydrogens (tertiary/aromatic N) is 2. The van der Waals surface area contributed by atoms with Gasteiger partial charge in [-0.1, -0.05) is 20.8 Å². The number of aromatic nitrogens is 3. The fourth-order valence-corrected chi connectivity index (χ4v) is 1.76. The average molecular weight is 228 g/mol. The van der Waals surface area contributed by atoms with Gasteiger partial charge in [-0.3, -0.25) is 5.10 Å². The third kappa shape index (κ3) is 5.18. The highest BCUT2D eigenvalue weighted by molar-refractivity contribution is 7.99. The van der Waals surface area contributed by atoms with Crippen LogP contribution in [0, 0.1) is 0 Å². The van der Waals surface area contributed by atoms with Gasteiger partial charge < -0.3 is 5.73 Å². The van der Waals surface area contributed by atoms with Gasteiger partial charge in [0.1, 0.15) is 5.82 Å². The van der Waals surface area contributed by atoms with E-state index in [2.05, 4.69) is 36.0 Å². The molecule has 0 fully saturated rings. The monoisotopic (exact) mass is 228 g/mol. The summed E-state index contributed by atoms with van der Waals surface area (Å²) in [5, 5.41) is 7.11. The minimum absolute atomic E-state index is 0.268. The molecule has 4 nitrogen and oxygen atoms in total. The van der Waals surface area contributed by atoms with Crippen LogP contribution >= 0.6 is 11.8 Å². The molecule has 0 atom stereocenters. The molecule has 5 heteroatoms. The maximum atomic E-state index is 5.43. The predicted molar refractivity (Wildman–Crippen MR) is 64.8 cm³/mol. The van der Waals surface area contributed by atoms with Gasteiger partial charge in [0.15, 0.2) is 5.82 Å². The van der Waals surface area contributed by atoms with Crippen molar-refractivity contribution in [2.24, 2.45) is 5.73 Å². The second-order valence-electron chi connectivity index (χ2n) is 4.49. The van der Waals surface area contributed by atoms with Crippen LogP contribution in [0.25, 0.3) is 0 Å². The molecule has 1 heterocycles. The van der Waals surface area contributed by atoms with Gasteiger partial charge in [-0.15, -0.1) is 11.8 Å². The Morgan fingerprint density at radius 3 is 2.73 bits per heavy atom. The fraction of sp³-hybridized carbons (Fsp3) is 0.800. The summed E-state index contributed by atoms with van der Waals surface area (Å²) in [6.07, 6.45) is 1.82. The number of thioether (sulfide) groups is 1. The standard InChI is InChI=1S/C10H20N4S/c1-10(2,3)15-7-9-12-8(13-14-9)5-4-6-11/h4-7,11H2,1-3H3,(H,12,13,14). The predicted octanol–water partition coefficient (Wildman–Crippen LogP) is 1.73. The van der Waals surface area contributed by atoms with E-state index in [1.807, 2.05) is 11.8 Å². The van der Waals surface area contributed by atoms with Crippen LogP contribution < -0.4 is 5.73 Å². The van der Waals surface area contributed by atoms with Crippen LogP contribution in [0.15, 0.2) is 0 Å². The van der Waals surface area contributed by atoms with Gasteiger partial charge in [0.25, 0.3) is 0 Å². The summed E-state index contributed by atoms with van der Waals surface area (Å²) in [5.74, 6) is 2.73. The normalized spacial score (nSPS) is 12.0. The van der Waals surface area contributed by atoms with Gasteiger partial charge in [0.05, 0.1) is 5.75 Å². The zero-order chi connectivity index (χ0) is 11.3. The molecule has 0 aliphatic heterocycles. The SMILES string of the molecule is CC(C)(C)SCc1nc(CCCN)n[nH]1. The van der Waals surface area contributed by atoms with E-state index in [9.17, 15) is 0 Å². The summed E-state index contributed by atoms with van der Waals surface area (Å²) in [5.41, 5.74) is 5.43. The first-order valence-corrected chi connectivity index (χ1v) is 6.24. The number of hydrogen-bond acceptors (Lipinski definition) is 4. The third-order valence-electron chi connectivity index (χ3n) is 1.82. The molecule has 0 saturated carbocycles. The van der Waals surface area contributed by atoms with Gasteiger partial charge >= 0.3 is 0 Å². The molecular formula is C10H20N4S. The van der Waals surface area contributed by atoms with Crippen LogP contribution in [-0.4, -0.2) is 26.5 Å². The highest BCUT2D eigenvalue weighted by Crippen LogP contribution is 2.25. The van der Waals surface area contributed by atoms with E-state index in [0.29, 0.717) is 6.54 Å². The maximum Gasteiger partial charge on any atom is 0.150 e. The Labute approximate surface area is 95.4 Å². The van der Waals surface area contributed by atoms with E-state index in [1.165, 1.54) is 0 Å². The molecule has 0 spiro atoms. The summed E-state index contributed by atoms with van der Waals surface area (Å²) in [6, 6.07) is 0. The van der Waals surface area contributed by atoms with E-state index in [0.717, 1.165) is 30.2 Å². The van der Waals surface area contributed by atoms with Gasteiger partial charge in [-0.05, 0) is 13.0 Å². The van der Waals surface area contributed by atoms with Crippen molar-refractivity contribution in [1.82, 2.24) is 15.2 Å². The molecule has 15 heavy (non-hydrogen) atoms. The van der Waals surface area contributed by atoms with Crippen molar-refractivity contribution in [3.63, 3.8) is 0 Å². The van der Waals surface area contributed by atoms with E-state index in [4.69, 9.17) is 5.73 Å². The van der Waals surface area contributed by atoms with Crippen LogP contribution in [0.4, 0.5) is 0 Å². The highest BCUT2D eigenvalue weighted by Gasteiger charge is 2.12. The lowest BCUT2D eigenvalue weighted by atomic mass is 10.3. The minimum Gasteiger partial charge on any atom is -0.330 e. The molecule has 86 valence electrons. The Morgan fingerprint density at radius 2 is 2.13 bits per heavy atom. The molecule has 1 aromatic heterocycles. The first kappa shape index (κ1) is 12.5. The number of aromatic amines is 1. The van der Waals surface area contributed by atoms with E-state index >= 15 is 0 Å². The Balaban J connectivity index is 2.39. The van der Waals surface area contributed by atoms with Crippen molar-refractivity contribution in [2.45, 2.75) is 44.1 Å². The Bertz CT molecular complexity index is 290. The Morgan fingerprint density at radius 1 is 1.40 bits per heavy atom. The van der Waals surface area contributed by atoms with Crippen LogP contribution in [0.5, 0.6) is 0 Å². The zero-order valence-electron chi connectivity index (χ0n) is 9.71. The maximum absolute atomic E-state index is 5.43. The molecule has 1 rings (SSSR count). The average Bonchev–Trinajstić information content (AvgIpc) is 2.58. The van der Waals surface area contributed by atoms with Gasteiger partial charge in [0, 0.05) is 11.2 Å². The quantitative estimate of drug-likeness (QED) is 0.805. The van der Waals surface area contributed by atoms with Crippen LogP contribution in [0.1, 0.15) is 38.8 Å². The lowest BCUT2D eigenvalue weighted by Gasteiger charge is -2.15. The number of nitrogens with one attached hydrogen (secondary N) is 1. The number of nitrogens with two attached hydrogens (primary N) is 1. The molecule has 0 bridgehead atoms. The Hall–Kier alpha value is -0.550. The number of H-pyrrole nitrogens is 1. The topological polar surface area (TPSA) is 67.6 Å². The molecule has 0 amide bonds.